The molecule has 0 aliphatic rings. The number of hydrogen-bond acceptors (Lipinski definition) is 4. The summed E-state index contributed by atoms with van der Waals surface area (Å²) < 4.78 is 20.4. The number of ether oxygens (including phenoxy) is 1. The Morgan fingerprint density at radius 3 is 2.66 bits per heavy atom. The Labute approximate surface area is 179 Å². The molecule has 10 heteroatoms. The van der Waals surface area contributed by atoms with E-state index in [1.807, 2.05) is 0 Å². The van der Waals surface area contributed by atoms with Crippen LogP contribution in [0.1, 0.15) is 26.4 Å². The Kier molecular flexibility index (Phi) is 6.32. The van der Waals surface area contributed by atoms with Gasteiger partial charge in [0.1, 0.15) is 11.4 Å². The van der Waals surface area contributed by atoms with Gasteiger partial charge >= 0.3 is 0 Å². The van der Waals surface area contributed by atoms with Crippen LogP contribution in [0.5, 0.6) is 11.5 Å². The molecular formula is C19H13Cl3FN3O3. The van der Waals surface area contributed by atoms with Gasteiger partial charge < -0.3 is 20.8 Å². The summed E-state index contributed by atoms with van der Waals surface area (Å²) in [7, 11) is 0. The third kappa shape index (κ3) is 4.64. The van der Waals surface area contributed by atoms with E-state index in [2.05, 4.69) is 10.3 Å². The minimum absolute atomic E-state index is 0.00554. The number of aromatic nitrogens is 1. The number of anilines is 1. The topological polar surface area (TPSA) is 97.2 Å². The summed E-state index contributed by atoms with van der Waals surface area (Å²) in [6.07, 6.45) is 1.82. The molecular weight excluding hydrogens is 444 g/mol. The monoisotopic (exact) mass is 455 g/mol. The Bertz CT molecular complexity index is 1080. The number of nitrogens with one attached hydrogen (secondary N) is 2. The molecule has 0 aliphatic heterocycles. The quantitative estimate of drug-likeness (QED) is 0.349. The first-order valence-electron chi connectivity index (χ1n) is 8.11. The normalized spacial score (nSPS) is 10.6. The van der Waals surface area contributed by atoms with E-state index in [4.69, 9.17) is 45.3 Å². The molecule has 1 amide bonds. The fraction of sp³-hybridized carbons (Fsp3) is 0.0526. The number of hydrogen-bond donors (Lipinski definition) is 3. The van der Waals surface area contributed by atoms with Crippen LogP contribution in [0.4, 0.5) is 10.1 Å². The highest BCUT2D eigenvalue weighted by Gasteiger charge is 2.19. The average Bonchev–Trinajstić information content (AvgIpc) is 3.04. The molecule has 0 atom stereocenters. The van der Waals surface area contributed by atoms with Crippen LogP contribution < -0.4 is 15.8 Å². The fourth-order valence-electron chi connectivity index (χ4n) is 2.50. The highest BCUT2D eigenvalue weighted by molar-refractivity contribution is 6.36. The Morgan fingerprint density at radius 2 is 2.00 bits per heavy atom. The third-order valence-corrected chi connectivity index (χ3v) is 4.80. The van der Waals surface area contributed by atoms with Crippen LogP contribution in [-0.2, 0) is 6.54 Å². The Balaban J connectivity index is 1.80. The van der Waals surface area contributed by atoms with Crippen LogP contribution in [0, 0.1) is 5.82 Å². The molecule has 0 radical (unpaired) electrons. The number of H-pyrrole nitrogens is 1. The summed E-state index contributed by atoms with van der Waals surface area (Å²) in [5, 5.41) is 2.84. The predicted molar refractivity (Wildman–Crippen MR) is 110 cm³/mol. The van der Waals surface area contributed by atoms with Gasteiger partial charge in [0.05, 0.1) is 15.6 Å². The van der Waals surface area contributed by atoms with Gasteiger partial charge in [-0.2, -0.15) is 0 Å². The summed E-state index contributed by atoms with van der Waals surface area (Å²) >= 11 is 17.9. The van der Waals surface area contributed by atoms with Crippen molar-refractivity contribution in [2.75, 3.05) is 5.73 Å². The number of aromatic amines is 1. The molecule has 0 fully saturated rings. The summed E-state index contributed by atoms with van der Waals surface area (Å²) in [5.41, 5.74) is 6.30. The van der Waals surface area contributed by atoms with E-state index in [-0.39, 0.29) is 44.9 Å². The molecule has 4 N–H and O–H groups in total. The van der Waals surface area contributed by atoms with Crippen molar-refractivity contribution in [2.45, 2.75) is 6.54 Å². The van der Waals surface area contributed by atoms with Gasteiger partial charge in [0.25, 0.3) is 5.91 Å². The average molecular weight is 457 g/mol. The van der Waals surface area contributed by atoms with E-state index in [1.165, 1.54) is 36.5 Å². The third-order valence-electron chi connectivity index (χ3n) is 3.88. The van der Waals surface area contributed by atoms with Crippen molar-refractivity contribution in [3.8, 4) is 11.5 Å². The highest BCUT2D eigenvalue weighted by Crippen LogP contribution is 2.35. The van der Waals surface area contributed by atoms with E-state index in [9.17, 15) is 14.0 Å². The van der Waals surface area contributed by atoms with E-state index in [0.717, 1.165) is 0 Å². The first-order chi connectivity index (χ1) is 13.8. The second-order valence-corrected chi connectivity index (χ2v) is 7.13. The van der Waals surface area contributed by atoms with Crippen molar-refractivity contribution >= 4 is 52.7 Å². The number of carbonyl (C=O) groups excluding carboxylic acids is 2. The maximum atomic E-state index is 14.9. The first-order valence-corrected chi connectivity index (χ1v) is 9.24. The van der Waals surface area contributed by atoms with E-state index < -0.39 is 11.7 Å². The van der Waals surface area contributed by atoms with Crippen LogP contribution in [0.3, 0.4) is 0 Å². The predicted octanol–water partition coefficient (Wildman–Crippen LogP) is 5.23. The van der Waals surface area contributed by atoms with Crippen LogP contribution in [-0.4, -0.2) is 17.2 Å². The second kappa shape index (κ2) is 8.73. The minimum atomic E-state index is -0.762. The maximum absolute atomic E-state index is 14.9. The van der Waals surface area contributed by atoms with Crippen LogP contribution in [0.2, 0.25) is 15.1 Å². The number of amides is 1. The lowest BCUT2D eigenvalue weighted by molar-refractivity contribution is 0.0946. The van der Waals surface area contributed by atoms with Gasteiger partial charge in [-0.1, -0.05) is 40.9 Å². The number of aldehydes is 1. The van der Waals surface area contributed by atoms with Crippen LogP contribution in [0.15, 0.2) is 36.5 Å². The van der Waals surface area contributed by atoms with Gasteiger partial charge in [-0.3, -0.25) is 9.59 Å². The smallest absolute Gasteiger partial charge is 0.269 e. The van der Waals surface area contributed by atoms with Gasteiger partial charge in [0, 0.05) is 35.1 Å². The number of halogens is 4. The standard InChI is InChI=1S/C19H13Cl3FN3O3/c20-11-3-12(24)5-13(4-11)29-18-14(21)2-1-9(16(18)23)6-26-19(28)17-15(22)10(8-27)7-25-17/h1-5,7-8,25H,6,24H2,(H,26,28). The SMILES string of the molecule is Nc1cc(Cl)cc(Oc2c(Cl)ccc(CNC(=O)c3[nH]cc(C=O)c3Cl)c2F)c1. The van der Waals surface area contributed by atoms with Crippen molar-refractivity contribution in [1.29, 1.82) is 0 Å². The zero-order chi connectivity index (χ0) is 21.1. The summed E-state index contributed by atoms with van der Waals surface area (Å²) in [4.78, 5) is 25.7. The van der Waals surface area contributed by atoms with Gasteiger partial charge in [-0.25, -0.2) is 4.39 Å². The van der Waals surface area contributed by atoms with E-state index in [1.54, 1.807) is 0 Å². The minimum Gasteiger partial charge on any atom is -0.453 e. The van der Waals surface area contributed by atoms with E-state index >= 15 is 0 Å². The van der Waals surface area contributed by atoms with Crippen molar-refractivity contribution in [2.24, 2.45) is 0 Å². The van der Waals surface area contributed by atoms with Crippen LogP contribution in [0.25, 0.3) is 0 Å². The lowest BCUT2D eigenvalue weighted by atomic mass is 10.2. The molecule has 0 spiro atoms. The Hall–Kier alpha value is -2.74. The molecule has 3 rings (SSSR count). The van der Waals surface area contributed by atoms with Gasteiger partial charge in [-0.05, 0) is 18.2 Å². The molecule has 2 aromatic carbocycles. The largest absolute Gasteiger partial charge is 0.453 e. The molecule has 0 unspecified atom stereocenters. The highest BCUT2D eigenvalue weighted by atomic mass is 35.5. The zero-order valence-corrected chi connectivity index (χ0v) is 16.8. The van der Waals surface area contributed by atoms with Crippen molar-refractivity contribution in [3.63, 3.8) is 0 Å². The number of carbonyl (C=O) groups is 2. The molecule has 1 heterocycles. The molecule has 0 bridgehead atoms. The van der Waals surface area contributed by atoms with Gasteiger partial charge in [0.2, 0.25) is 0 Å². The molecule has 0 saturated carbocycles. The van der Waals surface area contributed by atoms with Crippen LogP contribution >= 0.6 is 34.8 Å². The number of benzene rings is 2. The Morgan fingerprint density at radius 1 is 1.24 bits per heavy atom. The zero-order valence-electron chi connectivity index (χ0n) is 14.6. The van der Waals surface area contributed by atoms with E-state index in [0.29, 0.717) is 17.0 Å². The molecule has 0 aliphatic carbocycles. The fourth-order valence-corrected chi connectivity index (χ4v) is 3.16. The number of nitrogen functional groups attached to an aromatic ring is 1. The molecule has 0 saturated heterocycles. The number of rotatable bonds is 6. The molecule has 1 aromatic heterocycles. The summed E-state index contributed by atoms with van der Waals surface area (Å²) in [6, 6.07) is 7.28. The van der Waals surface area contributed by atoms with Crippen molar-refractivity contribution < 1.29 is 18.7 Å². The van der Waals surface area contributed by atoms with Gasteiger partial charge in [-0.15, -0.1) is 0 Å². The first kappa shape index (κ1) is 21.0. The summed E-state index contributed by atoms with van der Waals surface area (Å²) in [5.74, 6) is -1.40. The van der Waals surface area contributed by atoms with Gasteiger partial charge in [0.15, 0.2) is 17.9 Å². The molecule has 6 nitrogen and oxygen atoms in total. The molecule has 29 heavy (non-hydrogen) atoms. The summed E-state index contributed by atoms with van der Waals surface area (Å²) in [6.45, 7) is -0.179. The van der Waals surface area contributed by atoms with Crippen molar-refractivity contribution in [3.05, 3.63) is 74.2 Å². The van der Waals surface area contributed by atoms with Crippen molar-refractivity contribution in [1.82, 2.24) is 10.3 Å². The lowest BCUT2D eigenvalue weighted by Crippen LogP contribution is -2.24. The second-order valence-electron chi connectivity index (χ2n) is 5.91. The number of nitrogens with two attached hydrogens (primary N) is 1. The maximum Gasteiger partial charge on any atom is 0.269 e. The lowest BCUT2D eigenvalue weighted by Gasteiger charge is -2.13. The molecule has 3 aromatic rings. The molecule has 150 valence electrons.